The van der Waals surface area contributed by atoms with Gasteiger partial charge in [-0.25, -0.2) is 9.98 Å². The molecule has 2 aliphatic heterocycles. The molecule has 0 saturated carbocycles. The van der Waals surface area contributed by atoms with Crippen LogP contribution in [-0.2, 0) is 11.3 Å². The van der Waals surface area contributed by atoms with Crippen molar-refractivity contribution < 1.29 is 9.47 Å². The zero-order chi connectivity index (χ0) is 19.2. The van der Waals surface area contributed by atoms with E-state index in [2.05, 4.69) is 43.3 Å². The molecule has 150 valence electrons. The first-order valence-electron chi connectivity index (χ1n) is 10.3. The molecule has 6 heteroatoms. The van der Waals surface area contributed by atoms with Crippen molar-refractivity contribution in [3.63, 3.8) is 0 Å². The summed E-state index contributed by atoms with van der Waals surface area (Å²) in [5, 5.41) is 6.90. The second-order valence-corrected chi connectivity index (χ2v) is 8.12. The van der Waals surface area contributed by atoms with E-state index in [0.717, 1.165) is 37.3 Å². The third-order valence-corrected chi connectivity index (χ3v) is 5.12. The van der Waals surface area contributed by atoms with E-state index in [0.29, 0.717) is 36.6 Å². The summed E-state index contributed by atoms with van der Waals surface area (Å²) in [4.78, 5) is 9.10. The molecule has 1 aromatic heterocycles. The fourth-order valence-electron chi connectivity index (χ4n) is 3.99. The molecule has 2 N–H and O–H groups in total. The van der Waals surface area contributed by atoms with Gasteiger partial charge in [-0.2, -0.15) is 0 Å². The van der Waals surface area contributed by atoms with Gasteiger partial charge in [-0.05, 0) is 57.1 Å². The average molecular weight is 375 g/mol. The number of ether oxygens (including phenoxy) is 2. The highest BCUT2D eigenvalue weighted by atomic mass is 16.5. The number of aromatic nitrogens is 1. The Balaban J connectivity index is 1.57. The van der Waals surface area contributed by atoms with Crippen LogP contribution in [0.25, 0.3) is 0 Å². The van der Waals surface area contributed by atoms with Crippen LogP contribution in [0.1, 0.15) is 58.9 Å². The van der Waals surface area contributed by atoms with Crippen LogP contribution in [0.4, 0.5) is 0 Å². The van der Waals surface area contributed by atoms with Gasteiger partial charge in [-0.3, -0.25) is 0 Å². The maximum atomic E-state index is 5.95. The lowest BCUT2D eigenvalue weighted by Crippen LogP contribution is -2.47. The van der Waals surface area contributed by atoms with Gasteiger partial charge in [-0.1, -0.05) is 13.8 Å². The second kappa shape index (κ2) is 9.40. The Kier molecular flexibility index (Phi) is 6.94. The third-order valence-electron chi connectivity index (χ3n) is 5.12. The number of nitrogens with one attached hydrogen (secondary N) is 2. The molecule has 2 fully saturated rings. The summed E-state index contributed by atoms with van der Waals surface area (Å²) >= 11 is 0. The van der Waals surface area contributed by atoms with Crippen molar-refractivity contribution in [2.75, 3.05) is 6.54 Å². The van der Waals surface area contributed by atoms with Crippen molar-refractivity contribution in [2.45, 2.75) is 84.3 Å². The lowest BCUT2D eigenvalue weighted by Gasteiger charge is -2.22. The normalized spacial score (nSPS) is 25.7. The van der Waals surface area contributed by atoms with E-state index in [1.54, 1.807) is 6.20 Å². The van der Waals surface area contributed by atoms with E-state index < -0.39 is 0 Å². The zero-order valence-electron chi connectivity index (χ0n) is 17.1. The summed E-state index contributed by atoms with van der Waals surface area (Å²) < 4.78 is 11.9. The number of rotatable bonds is 8. The van der Waals surface area contributed by atoms with Crippen molar-refractivity contribution >= 4 is 5.96 Å². The van der Waals surface area contributed by atoms with E-state index in [-0.39, 0.29) is 6.10 Å². The van der Waals surface area contributed by atoms with E-state index in [1.807, 2.05) is 12.1 Å². The highest BCUT2D eigenvalue weighted by Gasteiger charge is 2.41. The average Bonchev–Trinajstić information content (AvgIpc) is 3.22. The second-order valence-electron chi connectivity index (χ2n) is 8.12. The topological polar surface area (TPSA) is 67.8 Å². The van der Waals surface area contributed by atoms with Crippen LogP contribution in [0.15, 0.2) is 23.3 Å². The van der Waals surface area contributed by atoms with Crippen molar-refractivity contribution in [1.29, 1.82) is 0 Å². The number of nitrogens with zero attached hydrogens (tertiary/aromatic N) is 2. The molecule has 2 saturated heterocycles. The number of hydrogen-bond acceptors (Lipinski definition) is 4. The molecule has 1 aromatic rings. The molecule has 3 rings (SSSR count). The largest absolute Gasteiger partial charge is 0.475 e. The summed E-state index contributed by atoms with van der Waals surface area (Å²) in [6.07, 6.45) is 7.18. The van der Waals surface area contributed by atoms with Crippen LogP contribution in [-0.4, -0.2) is 41.8 Å². The van der Waals surface area contributed by atoms with Gasteiger partial charge in [0.1, 0.15) is 0 Å². The van der Waals surface area contributed by atoms with Gasteiger partial charge in [-0.15, -0.1) is 0 Å². The molecule has 0 radical (unpaired) electrons. The number of pyridine rings is 1. The van der Waals surface area contributed by atoms with Gasteiger partial charge < -0.3 is 20.1 Å². The zero-order valence-corrected chi connectivity index (χ0v) is 17.1. The highest BCUT2D eigenvalue weighted by Crippen LogP contribution is 2.34. The fourth-order valence-corrected chi connectivity index (χ4v) is 3.99. The van der Waals surface area contributed by atoms with Gasteiger partial charge in [0.25, 0.3) is 0 Å². The minimum absolute atomic E-state index is 0.160. The molecule has 0 spiro atoms. The lowest BCUT2D eigenvalue weighted by molar-refractivity contribution is 0.0992. The minimum Gasteiger partial charge on any atom is -0.475 e. The van der Waals surface area contributed by atoms with Gasteiger partial charge >= 0.3 is 0 Å². The van der Waals surface area contributed by atoms with E-state index in [9.17, 15) is 0 Å². The molecule has 4 unspecified atom stereocenters. The molecule has 6 nitrogen and oxygen atoms in total. The summed E-state index contributed by atoms with van der Waals surface area (Å²) in [5.41, 5.74) is 1.10. The van der Waals surface area contributed by atoms with Crippen LogP contribution < -0.4 is 15.4 Å². The monoisotopic (exact) mass is 374 g/mol. The summed E-state index contributed by atoms with van der Waals surface area (Å²) in [6, 6.07) is 4.35. The molecule has 0 aliphatic carbocycles. The van der Waals surface area contributed by atoms with Gasteiger partial charge in [0, 0.05) is 18.8 Å². The Morgan fingerprint density at radius 1 is 1.37 bits per heavy atom. The molecule has 27 heavy (non-hydrogen) atoms. The van der Waals surface area contributed by atoms with Crippen molar-refractivity contribution in [2.24, 2.45) is 10.9 Å². The summed E-state index contributed by atoms with van der Waals surface area (Å²) in [6.45, 7) is 10.0. The quantitative estimate of drug-likeness (QED) is 0.540. The third kappa shape index (κ3) is 5.83. The lowest BCUT2D eigenvalue weighted by atomic mass is 9.96. The fraction of sp³-hybridized carbons (Fsp3) is 0.714. The Morgan fingerprint density at radius 2 is 2.22 bits per heavy atom. The van der Waals surface area contributed by atoms with E-state index >= 15 is 0 Å². The van der Waals surface area contributed by atoms with Gasteiger partial charge in [0.05, 0.1) is 30.9 Å². The first kappa shape index (κ1) is 19.9. The predicted molar refractivity (Wildman–Crippen MR) is 108 cm³/mol. The smallest absolute Gasteiger partial charge is 0.213 e. The van der Waals surface area contributed by atoms with Crippen LogP contribution in [0.5, 0.6) is 5.88 Å². The summed E-state index contributed by atoms with van der Waals surface area (Å²) in [7, 11) is 0. The van der Waals surface area contributed by atoms with Crippen LogP contribution in [0.3, 0.4) is 0 Å². The predicted octanol–water partition coefficient (Wildman–Crippen LogP) is 3.27. The number of fused-ring (bicyclic) bond motifs is 2. The molecular weight excluding hydrogens is 340 g/mol. The maximum Gasteiger partial charge on any atom is 0.213 e. The number of aliphatic imine (C=N–C) groups is 1. The molecule has 4 atom stereocenters. The Morgan fingerprint density at radius 3 is 2.89 bits per heavy atom. The molecule has 0 amide bonds. The Bertz CT molecular complexity index is 634. The SMILES string of the molecule is CCNC(=NCc1ccnc(OC(C)CC(C)C)c1)NC1CC2CCC1O2. The van der Waals surface area contributed by atoms with E-state index in [4.69, 9.17) is 14.5 Å². The molecular formula is C21H34N4O2. The standard InChI is InChI=1S/C21H34N4O2/c1-5-22-21(25-18-12-17-6-7-19(18)27-17)24-13-16-8-9-23-20(11-16)26-15(4)10-14(2)3/h8-9,11,14-15,17-19H,5-7,10,12-13H2,1-4H3,(H2,22,24,25). The first-order valence-corrected chi connectivity index (χ1v) is 10.3. The molecule has 2 bridgehead atoms. The Hall–Kier alpha value is -1.82. The van der Waals surface area contributed by atoms with E-state index in [1.165, 1.54) is 6.42 Å². The van der Waals surface area contributed by atoms with Crippen LogP contribution >= 0.6 is 0 Å². The van der Waals surface area contributed by atoms with Crippen LogP contribution in [0, 0.1) is 5.92 Å². The van der Waals surface area contributed by atoms with Crippen molar-refractivity contribution in [1.82, 2.24) is 15.6 Å². The Labute approximate surface area is 163 Å². The first-order chi connectivity index (χ1) is 13.0. The van der Waals surface area contributed by atoms with Crippen molar-refractivity contribution in [3.05, 3.63) is 23.9 Å². The van der Waals surface area contributed by atoms with Crippen LogP contribution in [0.2, 0.25) is 0 Å². The summed E-state index contributed by atoms with van der Waals surface area (Å²) in [5.74, 6) is 2.14. The highest BCUT2D eigenvalue weighted by molar-refractivity contribution is 5.80. The minimum atomic E-state index is 0.160. The maximum absolute atomic E-state index is 5.95. The molecule has 2 aliphatic rings. The molecule has 0 aromatic carbocycles. The molecule has 3 heterocycles. The van der Waals surface area contributed by atoms with Crippen molar-refractivity contribution in [3.8, 4) is 5.88 Å². The number of hydrogen-bond donors (Lipinski definition) is 2. The van der Waals surface area contributed by atoms with Gasteiger partial charge in [0.2, 0.25) is 5.88 Å². The van der Waals surface area contributed by atoms with Gasteiger partial charge in [0.15, 0.2) is 5.96 Å². The number of guanidine groups is 1.